The predicted molar refractivity (Wildman–Crippen MR) is 49.5 cm³/mol. The second kappa shape index (κ2) is 3.02. The standard InChI is InChI=1S/C10H11N2O2/c1-2-3-8(13)12-6-10(7-12)4-5-11-9(10)14/h6H,4-5,7H2,1H3,(H,11,14). The quantitative estimate of drug-likeness (QED) is 0.526. The maximum atomic E-state index is 11.4. The summed E-state index contributed by atoms with van der Waals surface area (Å²) in [5.41, 5.74) is -0.412. The zero-order valence-corrected chi connectivity index (χ0v) is 7.96. The first kappa shape index (κ1) is 9.07. The minimum Gasteiger partial charge on any atom is -0.355 e. The molecule has 1 spiro atoms. The number of nitrogens with zero attached hydrogens (tertiary/aromatic N) is 1. The molecule has 2 rings (SSSR count). The molecule has 1 N–H and O–H groups in total. The molecule has 4 heteroatoms. The van der Waals surface area contributed by atoms with Gasteiger partial charge < -0.3 is 10.2 Å². The van der Waals surface area contributed by atoms with E-state index in [1.54, 1.807) is 13.5 Å². The Morgan fingerprint density at radius 2 is 2.43 bits per heavy atom. The third-order valence-corrected chi connectivity index (χ3v) is 2.66. The van der Waals surface area contributed by atoms with Crippen molar-refractivity contribution in [3.8, 4) is 11.8 Å². The molecule has 1 unspecified atom stereocenters. The van der Waals surface area contributed by atoms with Crippen molar-refractivity contribution in [1.82, 2.24) is 10.2 Å². The summed E-state index contributed by atoms with van der Waals surface area (Å²) < 4.78 is 0. The summed E-state index contributed by atoms with van der Waals surface area (Å²) in [6.07, 6.45) is 0.787. The molecule has 0 aromatic carbocycles. The number of hydrogen-bond donors (Lipinski definition) is 1. The Morgan fingerprint density at radius 3 is 2.93 bits per heavy atom. The average molecular weight is 191 g/mol. The van der Waals surface area contributed by atoms with Gasteiger partial charge in [-0.25, -0.2) is 0 Å². The van der Waals surface area contributed by atoms with E-state index in [2.05, 4.69) is 17.2 Å². The topological polar surface area (TPSA) is 49.4 Å². The summed E-state index contributed by atoms with van der Waals surface area (Å²) in [4.78, 5) is 24.2. The molecule has 2 saturated heterocycles. The van der Waals surface area contributed by atoms with Crippen molar-refractivity contribution in [2.75, 3.05) is 13.1 Å². The smallest absolute Gasteiger partial charge is 0.298 e. The maximum absolute atomic E-state index is 11.4. The van der Waals surface area contributed by atoms with Gasteiger partial charge in [0.1, 0.15) is 0 Å². The lowest BCUT2D eigenvalue weighted by Crippen LogP contribution is -2.57. The lowest BCUT2D eigenvalue weighted by Gasteiger charge is -2.44. The molecule has 14 heavy (non-hydrogen) atoms. The van der Waals surface area contributed by atoms with E-state index in [0.717, 1.165) is 6.42 Å². The number of hydrogen-bond acceptors (Lipinski definition) is 2. The Hall–Kier alpha value is -1.50. The van der Waals surface area contributed by atoms with Crippen molar-refractivity contribution in [1.29, 1.82) is 0 Å². The van der Waals surface area contributed by atoms with Crippen molar-refractivity contribution in [2.24, 2.45) is 5.41 Å². The molecule has 0 saturated carbocycles. The zero-order valence-electron chi connectivity index (χ0n) is 7.96. The summed E-state index contributed by atoms with van der Waals surface area (Å²) in [6.45, 7) is 4.50. The molecular formula is C10H11N2O2. The van der Waals surface area contributed by atoms with Crippen LogP contribution in [0.15, 0.2) is 0 Å². The maximum Gasteiger partial charge on any atom is 0.298 e. The van der Waals surface area contributed by atoms with Crippen molar-refractivity contribution >= 4 is 11.8 Å². The van der Waals surface area contributed by atoms with Crippen LogP contribution in [0.1, 0.15) is 13.3 Å². The van der Waals surface area contributed by atoms with E-state index >= 15 is 0 Å². The van der Waals surface area contributed by atoms with Gasteiger partial charge in [-0.1, -0.05) is 5.92 Å². The van der Waals surface area contributed by atoms with E-state index in [1.165, 1.54) is 4.90 Å². The van der Waals surface area contributed by atoms with Crippen LogP contribution in [0.5, 0.6) is 0 Å². The van der Waals surface area contributed by atoms with Crippen molar-refractivity contribution in [2.45, 2.75) is 13.3 Å². The van der Waals surface area contributed by atoms with Crippen LogP contribution in [0.4, 0.5) is 0 Å². The minimum absolute atomic E-state index is 0.0333. The number of likely N-dealkylation sites (tertiary alicyclic amines) is 1. The highest BCUT2D eigenvalue weighted by molar-refractivity contribution is 5.98. The number of carbonyl (C=O) groups excluding carboxylic acids is 2. The van der Waals surface area contributed by atoms with E-state index in [-0.39, 0.29) is 11.8 Å². The SMILES string of the molecule is CC#CC(=O)N1[CH]C2(CCNC2=O)C1. The summed E-state index contributed by atoms with van der Waals surface area (Å²) in [5.74, 6) is 4.80. The van der Waals surface area contributed by atoms with Crippen molar-refractivity contribution in [3.63, 3.8) is 0 Å². The van der Waals surface area contributed by atoms with Gasteiger partial charge in [-0.15, -0.1) is 0 Å². The Kier molecular flexibility index (Phi) is 1.95. The highest BCUT2D eigenvalue weighted by atomic mass is 16.2. The number of amides is 2. The molecule has 0 aromatic heterocycles. The van der Waals surface area contributed by atoms with Crippen LogP contribution in [0.2, 0.25) is 0 Å². The molecule has 1 atom stereocenters. The number of carbonyl (C=O) groups is 2. The third kappa shape index (κ3) is 1.17. The molecular weight excluding hydrogens is 180 g/mol. The molecule has 2 fully saturated rings. The molecule has 2 amide bonds. The fraction of sp³-hybridized carbons (Fsp3) is 0.500. The predicted octanol–water partition coefficient (Wildman–Crippen LogP) is -0.480. The van der Waals surface area contributed by atoms with E-state index in [4.69, 9.17) is 0 Å². The van der Waals surface area contributed by atoms with Crippen molar-refractivity contribution < 1.29 is 9.59 Å². The Morgan fingerprint density at radius 1 is 1.71 bits per heavy atom. The first-order valence-corrected chi connectivity index (χ1v) is 4.56. The van der Waals surface area contributed by atoms with Crippen LogP contribution in [0, 0.1) is 23.8 Å². The van der Waals surface area contributed by atoms with Gasteiger partial charge in [0, 0.05) is 13.1 Å². The van der Waals surface area contributed by atoms with Crippen LogP contribution in [-0.2, 0) is 9.59 Å². The fourth-order valence-electron chi connectivity index (χ4n) is 1.85. The van der Waals surface area contributed by atoms with Crippen LogP contribution >= 0.6 is 0 Å². The van der Waals surface area contributed by atoms with Gasteiger partial charge in [0.15, 0.2) is 0 Å². The molecule has 1 radical (unpaired) electrons. The molecule has 0 aromatic rings. The van der Waals surface area contributed by atoms with Gasteiger partial charge in [0.05, 0.1) is 12.0 Å². The van der Waals surface area contributed by atoms with Gasteiger partial charge in [-0.3, -0.25) is 9.59 Å². The van der Waals surface area contributed by atoms with Gasteiger partial charge >= 0.3 is 0 Å². The van der Waals surface area contributed by atoms with Crippen molar-refractivity contribution in [3.05, 3.63) is 6.54 Å². The first-order valence-electron chi connectivity index (χ1n) is 4.56. The highest BCUT2D eigenvalue weighted by Gasteiger charge is 2.53. The molecule has 4 nitrogen and oxygen atoms in total. The molecule has 73 valence electrons. The highest BCUT2D eigenvalue weighted by Crippen LogP contribution is 2.40. The largest absolute Gasteiger partial charge is 0.355 e. The molecule has 2 aliphatic rings. The summed E-state index contributed by atoms with van der Waals surface area (Å²) in [5, 5.41) is 2.76. The van der Waals surface area contributed by atoms with Crippen LogP contribution in [0.25, 0.3) is 0 Å². The Bertz CT molecular complexity index is 345. The molecule has 2 aliphatic heterocycles. The van der Waals surface area contributed by atoms with E-state index in [9.17, 15) is 9.59 Å². The van der Waals surface area contributed by atoms with E-state index in [0.29, 0.717) is 13.1 Å². The first-order chi connectivity index (χ1) is 6.68. The van der Waals surface area contributed by atoms with Gasteiger partial charge in [0.2, 0.25) is 5.91 Å². The lowest BCUT2D eigenvalue weighted by atomic mass is 9.78. The van der Waals surface area contributed by atoms with Gasteiger partial charge in [-0.05, 0) is 19.3 Å². The van der Waals surface area contributed by atoms with Gasteiger partial charge in [-0.2, -0.15) is 0 Å². The Balaban J connectivity index is 1.98. The molecule has 0 bridgehead atoms. The number of rotatable bonds is 0. The zero-order chi connectivity index (χ0) is 10.2. The summed E-state index contributed by atoms with van der Waals surface area (Å²) in [6, 6.07) is 0. The fourth-order valence-corrected chi connectivity index (χ4v) is 1.85. The summed E-state index contributed by atoms with van der Waals surface area (Å²) >= 11 is 0. The Labute approximate surface area is 82.6 Å². The third-order valence-electron chi connectivity index (χ3n) is 2.66. The van der Waals surface area contributed by atoms with E-state index in [1.807, 2.05) is 0 Å². The molecule has 0 aliphatic carbocycles. The van der Waals surface area contributed by atoms with Crippen LogP contribution < -0.4 is 5.32 Å². The lowest BCUT2D eigenvalue weighted by molar-refractivity contribution is -0.140. The minimum atomic E-state index is -0.412. The van der Waals surface area contributed by atoms with Gasteiger partial charge in [0.25, 0.3) is 5.91 Å². The summed E-state index contributed by atoms with van der Waals surface area (Å²) in [7, 11) is 0. The second-order valence-corrected chi connectivity index (χ2v) is 3.60. The van der Waals surface area contributed by atoms with Crippen LogP contribution in [0.3, 0.4) is 0 Å². The number of nitrogens with one attached hydrogen (secondary N) is 1. The van der Waals surface area contributed by atoms with E-state index < -0.39 is 5.41 Å². The molecule has 2 heterocycles. The second-order valence-electron chi connectivity index (χ2n) is 3.60. The monoisotopic (exact) mass is 191 g/mol. The normalized spacial score (nSPS) is 22.4. The average Bonchev–Trinajstić information content (AvgIpc) is 2.44. The van der Waals surface area contributed by atoms with Crippen LogP contribution in [-0.4, -0.2) is 29.8 Å².